The van der Waals surface area contributed by atoms with Crippen molar-refractivity contribution >= 4 is 38.5 Å². The lowest BCUT2D eigenvalue weighted by Gasteiger charge is -2.20. The Bertz CT molecular complexity index is 604. The number of hydrogen-bond donors (Lipinski definition) is 2. The highest BCUT2D eigenvalue weighted by molar-refractivity contribution is 14.1. The van der Waals surface area contributed by atoms with E-state index in [9.17, 15) is 4.39 Å². The number of halogens is 3. The van der Waals surface area contributed by atoms with E-state index in [0.29, 0.717) is 0 Å². The molecule has 0 radical (unpaired) electrons. The summed E-state index contributed by atoms with van der Waals surface area (Å²) in [6.45, 7) is 1.88. The highest BCUT2D eigenvalue weighted by atomic mass is 127. The fraction of sp³-hybridized carbons (Fsp3) is 0.143. The molecule has 100 valence electrons. The van der Waals surface area contributed by atoms with E-state index in [2.05, 4.69) is 43.9 Å². The molecule has 1 unspecified atom stereocenters. The summed E-state index contributed by atoms with van der Waals surface area (Å²) in [6.07, 6.45) is 0. The number of rotatable bonds is 3. The van der Waals surface area contributed by atoms with Crippen molar-refractivity contribution in [1.29, 1.82) is 0 Å². The van der Waals surface area contributed by atoms with E-state index in [0.717, 1.165) is 24.7 Å². The minimum absolute atomic E-state index is 0.162. The largest absolute Gasteiger partial charge is 0.271 e. The Morgan fingerprint density at radius 2 is 1.95 bits per heavy atom. The topological polar surface area (TPSA) is 38.0 Å². The number of benzene rings is 2. The lowest BCUT2D eigenvalue weighted by Crippen LogP contribution is -2.30. The number of hydrogen-bond acceptors (Lipinski definition) is 2. The zero-order valence-corrected chi connectivity index (χ0v) is 14.0. The number of hydrazine groups is 1. The first-order valence-corrected chi connectivity index (χ1v) is 7.57. The molecule has 2 aromatic carbocycles. The van der Waals surface area contributed by atoms with E-state index in [4.69, 9.17) is 5.84 Å². The van der Waals surface area contributed by atoms with Crippen LogP contribution < -0.4 is 11.3 Å². The predicted octanol–water partition coefficient (Wildman–Crippen LogP) is 4.05. The molecule has 0 aliphatic rings. The third-order valence-corrected chi connectivity index (χ3v) is 4.45. The molecule has 0 heterocycles. The molecule has 3 N–H and O–H groups in total. The average Bonchev–Trinajstić information content (AvgIpc) is 2.36. The van der Waals surface area contributed by atoms with Crippen LogP contribution in [0.4, 0.5) is 4.39 Å². The van der Waals surface area contributed by atoms with Crippen LogP contribution in [-0.2, 0) is 0 Å². The van der Waals surface area contributed by atoms with Gasteiger partial charge in [-0.15, -0.1) is 0 Å². The van der Waals surface area contributed by atoms with E-state index in [1.165, 1.54) is 12.1 Å². The smallest absolute Gasteiger partial charge is 0.123 e. The van der Waals surface area contributed by atoms with Crippen LogP contribution in [0.5, 0.6) is 0 Å². The molecule has 19 heavy (non-hydrogen) atoms. The SMILES string of the molecule is Cc1cc(F)ccc1C(NN)c1cc(Br)ccc1I. The lowest BCUT2D eigenvalue weighted by atomic mass is 9.95. The van der Waals surface area contributed by atoms with Gasteiger partial charge in [-0.2, -0.15) is 0 Å². The monoisotopic (exact) mass is 434 g/mol. The molecular formula is C14H13BrFIN2. The van der Waals surface area contributed by atoms with Crippen LogP contribution in [0.25, 0.3) is 0 Å². The van der Waals surface area contributed by atoms with Crippen LogP contribution in [0.1, 0.15) is 22.7 Å². The van der Waals surface area contributed by atoms with Gasteiger partial charge < -0.3 is 0 Å². The molecule has 2 nitrogen and oxygen atoms in total. The van der Waals surface area contributed by atoms with Gasteiger partial charge in [0.15, 0.2) is 0 Å². The standard InChI is InChI=1S/C14H13BrFIN2/c1-8-6-10(16)3-4-11(8)14(19-18)12-7-9(15)2-5-13(12)17/h2-7,14,19H,18H2,1H3. The molecule has 0 aliphatic heterocycles. The Morgan fingerprint density at radius 1 is 1.21 bits per heavy atom. The highest BCUT2D eigenvalue weighted by Gasteiger charge is 2.17. The van der Waals surface area contributed by atoms with Crippen molar-refractivity contribution in [3.63, 3.8) is 0 Å². The molecule has 5 heteroatoms. The quantitative estimate of drug-likeness (QED) is 0.434. The molecule has 0 fully saturated rings. The summed E-state index contributed by atoms with van der Waals surface area (Å²) in [5.74, 6) is 5.47. The van der Waals surface area contributed by atoms with Crippen molar-refractivity contribution in [1.82, 2.24) is 5.43 Å². The molecule has 0 spiro atoms. The van der Waals surface area contributed by atoms with E-state index in [1.807, 2.05) is 25.1 Å². The van der Waals surface area contributed by atoms with Crippen molar-refractivity contribution in [2.75, 3.05) is 0 Å². The van der Waals surface area contributed by atoms with Gasteiger partial charge in [-0.3, -0.25) is 5.84 Å². The molecule has 0 amide bonds. The summed E-state index contributed by atoms with van der Waals surface area (Å²) in [4.78, 5) is 0. The maximum absolute atomic E-state index is 13.2. The highest BCUT2D eigenvalue weighted by Crippen LogP contribution is 2.30. The zero-order valence-electron chi connectivity index (χ0n) is 10.3. The third-order valence-electron chi connectivity index (χ3n) is 2.98. The number of nitrogens with one attached hydrogen (secondary N) is 1. The Kier molecular flexibility index (Phi) is 4.94. The van der Waals surface area contributed by atoms with Crippen molar-refractivity contribution in [3.05, 3.63) is 66.9 Å². The Labute approximate surface area is 133 Å². The molecular weight excluding hydrogens is 422 g/mol. The van der Waals surface area contributed by atoms with E-state index in [-0.39, 0.29) is 11.9 Å². The van der Waals surface area contributed by atoms with Crippen LogP contribution in [0, 0.1) is 16.3 Å². The second kappa shape index (κ2) is 6.30. The normalized spacial score (nSPS) is 12.5. The summed E-state index contributed by atoms with van der Waals surface area (Å²) < 4.78 is 15.3. The fourth-order valence-electron chi connectivity index (χ4n) is 2.05. The van der Waals surface area contributed by atoms with Gasteiger partial charge in [0.1, 0.15) is 5.82 Å². The number of nitrogens with two attached hydrogens (primary N) is 1. The van der Waals surface area contributed by atoms with Crippen molar-refractivity contribution in [3.8, 4) is 0 Å². The van der Waals surface area contributed by atoms with Crippen molar-refractivity contribution in [2.45, 2.75) is 13.0 Å². The number of aryl methyl sites for hydroxylation is 1. The van der Waals surface area contributed by atoms with Gasteiger partial charge in [0.25, 0.3) is 0 Å². The lowest BCUT2D eigenvalue weighted by molar-refractivity contribution is 0.611. The summed E-state index contributed by atoms with van der Waals surface area (Å²) in [5.41, 5.74) is 5.72. The van der Waals surface area contributed by atoms with E-state index in [1.54, 1.807) is 6.07 Å². The maximum atomic E-state index is 13.2. The maximum Gasteiger partial charge on any atom is 0.123 e. The van der Waals surface area contributed by atoms with Gasteiger partial charge in [-0.05, 0) is 76.5 Å². The van der Waals surface area contributed by atoms with Crippen LogP contribution in [0.15, 0.2) is 40.9 Å². The third kappa shape index (κ3) is 3.34. The molecule has 0 saturated heterocycles. The predicted molar refractivity (Wildman–Crippen MR) is 87.2 cm³/mol. The van der Waals surface area contributed by atoms with Crippen LogP contribution in [0.2, 0.25) is 0 Å². The second-order valence-corrected chi connectivity index (χ2v) is 6.34. The Morgan fingerprint density at radius 3 is 2.58 bits per heavy atom. The summed E-state index contributed by atoms with van der Waals surface area (Å²) in [5, 5.41) is 0. The van der Waals surface area contributed by atoms with Gasteiger partial charge in [0.05, 0.1) is 6.04 Å². The molecule has 0 aliphatic carbocycles. The average molecular weight is 435 g/mol. The van der Waals surface area contributed by atoms with Crippen molar-refractivity contribution < 1.29 is 4.39 Å². The summed E-state index contributed by atoms with van der Waals surface area (Å²) >= 11 is 5.73. The first-order valence-electron chi connectivity index (χ1n) is 5.70. The van der Waals surface area contributed by atoms with E-state index >= 15 is 0 Å². The Balaban J connectivity index is 2.52. The molecule has 2 aromatic rings. The van der Waals surface area contributed by atoms with Gasteiger partial charge in [0, 0.05) is 8.04 Å². The van der Waals surface area contributed by atoms with E-state index < -0.39 is 0 Å². The van der Waals surface area contributed by atoms with Gasteiger partial charge in [-0.1, -0.05) is 22.0 Å². The fourth-order valence-corrected chi connectivity index (χ4v) is 3.07. The van der Waals surface area contributed by atoms with Gasteiger partial charge >= 0.3 is 0 Å². The summed E-state index contributed by atoms with van der Waals surface area (Å²) in [7, 11) is 0. The minimum atomic E-state index is -0.235. The van der Waals surface area contributed by atoms with Gasteiger partial charge in [-0.25, -0.2) is 9.82 Å². The van der Waals surface area contributed by atoms with Crippen LogP contribution in [0.3, 0.4) is 0 Å². The second-order valence-electron chi connectivity index (χ2n) is 4.27. The van der Waals surface area contributed by atoms with Gasteiger partial charge in [0.2, 0.25) is 0 Å². The van der Waals surface area contributed by atoms with Crippen LogP contribution >= 0.6 is 38.5 Å². The first kappa shape index (κ1) is 14.9. The van der Waals surface area contributed by atoms with Crippen molar-refractivity contribution in [2.24, 2.45) is 5.84 Å². The minimum Gasteiger partial charge on any atom is -0.271 e. The summed E-state index contributed by atoms with van der Waals surface area (Å²) in [6, 6.07) is 10.6. The molecule has 2 rings (SSSR count). The molecule has 0 aromatic heterocycles. The Hall–Kier alpha value is -0.500. The first-order chi connectivity index (χ1) is 9.02. The molecule has 0 saturated carbocycles. The molecule has 0 bridgehead atoms. The zero-order chi connectivity index (χ0) is 14.0. The van der Waals surface area contributed by atoms with Crippen LogP contribution in [-0.4, -0.2) is 0 Å². The molecule has 1 atom stereocenters.